The Labute approximate surface area is 144 Å². The van der Waals surface area contributed by atoms with Gasteiger partial charge < -0.3 is 14.8 Å². The van der Waals surface area contributed by atoms with E-state index in [9.17, 15) is 9.59 Å². The summed E-state index contributed by atoms with van der Waals surface area (Å²) in [7, 11) is 0. The maximum Gasteiger partial charge on any atom is 0.311 e. The van der Waals surface area contributed by atoms with Gasteiger partial charge in [0.15, 0.2) is 6.10 Å². The third kappa shape index (κ3) is 3.94. The number of benzene rings is 1. The number of nitrogens with one attached hydrogen (secondary N) is 1. The van der Waals surface area contributed by atoms with E-state index in [-0.39, 0.29) is 18.4 Å². The number of fused-ring (bicyclic) bond motifs is 1. The average molecular weight is 345 g/mol. The topological polar surface area (TPSA) is 64.6 Å². The lowest BCUT2D eigenvalue weighted by Gasteiger charge is -2.27. The van der Waals surface area contributed by atoms with Crippen molar-refractivity contribution in [2.24, 2.45) is 0 Å². The highest BCUT2D eigenvalue weighted by atomic mass is 32.1. The van der Waals surface area contributed by atoms with Crippen LogP contribution in [0.5, 0.6) is 5.75 Å². The van der Waals surface area contributed by atoms with E-state index in [2.05, 4.69) is 5.32 Å². The van der Waals surface area contributed by atoms with Crippen molar-refractivity contribution in [3.05, 3.63) is 52.2 Å². The predicted molar refractivity (Wildman–Crippen MR) is 91.0 cm³/mol. The molecule has 0 aliphatic carbocycles. The highest BCUT2D eigenvalue weighted by molar-refractivity contribution is 7.07. The van der Waals surface area contributed by atoms with Crippen molar-refractivity contribution in [2.75, 3.05) is 6.61 Å². The molecule has 0 radical (unpaired) electrons. The zero-order valence-electron chi connectivity index (χ0n) is 13.4. The molecule has 1 N–H and O–H groups in total. The highest BCUT2D eigenvalue weighted by Gasteiger charge is 2.26. The van der Waals surface area contributed by atoms with Crippen molar-refractivity contribution < 1.29 is 19.1 Å². The van der Waals surface area contributed by atoms with Gasteiger partial charge in [-0.25, -0.2) is 0 Å². The molecular formula is C18H19NO4S. The van der Waals surface area contributed by atoms with Crippen LogP contribution in [0.2, 0.25) is 0 Å². The van der Waals surface area contributed by atoms with Crippen molar-refractivity contribution >= 4 is 23.2 Å². The molecule has 24 heavy (non-hydrogen) atoms. The fourth-order valence-electron chi connectivity index (χ4n) is 2.63. The minimum absolute atomic E-state index is 0.125. The first-order chi connectivity index (χ1) is 11.6. The molecule has 5 nitrogen and oxygen atoms in total. The summed E-state index contributed by atoms with van der Waals surface area (Å²) >= 11 is 1.52. The van der Waals surface area contributed by atoms with E-state index in [1.54, 1.807) is 6.92 Å². The van der Waals surface area contributed by atoms with E-state index in [1.807, 2.05) is 41.1 Å². The molecule has 2 atom stereocenters. The Morgan fingerprint density at radius 2 is 2.21 bits per heavy atom. The van der Waals surface area contributed by atoms with Gasteiger partial charge in [0.05, 0.1) is 19.1 Å². The van der Waals surface area contributed by atoms with E-state index >= 15 is 0 Å². The summed E-state index contributed by atoms with van der Waals surface area (Å²) in [6.45, 7) is 2.14. The average Bonchev–Trinajstić information content (AvgIpc) is 3.08. The van der Waals surface area contributed by atoms with Crippen LogP contribution in [0.4, 0.5) is 0 Å². The Kier molecular flexibility index (Phi) is 5.15. The van der Waals surface area contributed by atoms with Crippen LogP contribution in [0.1, 0.15) is 30.5 Å². The quantitative estimate of drug-likeness (QED) is 0.847. The number of hydrogen-bond acceptors (Lipinski definition) is 5. The van der Waals surface area contributed by atoms with Crippen LogP contribution in [-0.4, -0.2) is 24.6 Å². The van der Waals surface area contributed by atoms with Crippen LogP contribution in [0.25, 0.3) is 0 Å². The number of carbonyl (C=O) groups excluding carboxylic acids is 2. The lowest BCUT2D eigenvalue weighted by molar-refractivity contribution is -0.154. The summed E-state index contributed by atoms with van der Waals surface area (Å²) in [5.74, 6) is 0.0926. The van der Waals surface area contributed by atoms with E-state index in [4.69, 9.17) is 9.47 Å². The zero-order valence-corrected chi connectivity index (χ0v) is 14.2. The Bertz CT molecular complexity index is 714. The fraction of sp³-hybridized carbons (Fsp3) is 0.333. The van der Waals surface area contributed by atoms with Crippen molar-refractivity contribution in [3.8, 4) is 5.75 Å². The van der Waals surface area contributed by atoms with Crippen LogP contribution in [-0.2, 0) is 20.7 Å². The standard InChI is InChI=1S/C18H19NO4S/c1-12(23-17(20)10-13-7-9-24-11-13)18(21)19-15-6-8-22-16-5-3-2-4-14(15)16/h2-5,7,9,11-12,15H,6,8,10H2,1H3,(H,19,21)/t12-,15+/m0/s1. The molecule has 0 fully saturated rings. The van der Waals surface area contributed by atoms with Gasteiger partial charge >= 0.3 is 5.97 Å². The smallest absolute Gasteiger partial charge is 0.311 e. The number of ether oxygens (including phenoxy) is 2. The number of esters is 1. The first-order valence-electron chi connectivity index (χ1n) is 7.86. The molecule has 1 aliphatic heterocycles. The number of carbonyl (C=O) groups is 2. The SMILES string of the molecule is C[C@H](OC(=O)Cc1ccsc1)C(=O)N[C@@H]1CCOc2ccccc21. The van der Waals surface area contributed by atoms with E-state index in [0.29, 0.717) is 13.0 Å². The van der Waals surface area contributed by atoms with Crippen LogP contribution >= 0.6 is 11.3 Å². The predicted octanol–water partition coefficient (Wildman–Crippen LogP) is 2.86. The summed E-state index contributed by atoms with van der Waals surface area (Å²) in [6.07, 6.45) is 0.0469. The summed E-state index contributed by atoms with van der Waals surface area (Å²) in [5.41, 5.74) is 1.85. The van der Waals surface area contributed by atoms with E-state index in [0.717, 1.165) is 16.9 Å². The van der Waals surface area contributed by atoms with Crippen molar-refractivity contribution in [3.63, 3.8) is 0 Å². The number of thiophene rings is 1. The first kappa shape index (κ1) is 16.5. The minimum atomic E-state index is -0.828. The molecule has 0 spiro atoms. The van der Waals surface area contributed by atoms with Gasteiger partial charge in [0, 0.05) is 12.0 Å². The molecule has 2 aromatic rings. The van der Waals surface area contributed by atoms with Crippen LogP contribution in [0.3, 0.4) is 0 Å². The number of amides is 1. The van der Waals surface area contributed by atoms with Gasteiger partial charge in [-0.1, -0.05) is 18.2 Å². The normalized spacial score (nSPS) is 17.3. The first-order valence-corrected chi connectivity index (χ1v) is 8.80. The Morgan fingerprint density at radius 1 is 1.38 bits per heavy atom. The molecule has 1 amide bonds. The Morgan fingerprint density at radius 3 is 3.00 bits per heavy atom. The highest BCUT2D eigenvalue weighted by Crippen LogP contribution is 2.31. The third-order valence-electron chi connectivity index (χ3n) is 3.88. The number of rotatable bonds is 5. The van der Waals surface area contributed by atoms with Crippen molar-refractivity contribution in [2.45, 2.75) is 31.9 Å². The van der Waals surface area contributed by atoms with E-state index in [1.165, 1.54) is 11.3 Å². The molecule has 0 saturated carbocycles. The lowest BCUT2D eigenvalue weighted by Crippen LogP contribution is -2.39. The fourth-order valence-corrected chi connectivity index (χ4v) is 3.30. The second kappa shape index (κ2) is 7.49. The molecule has 0 saturated heterocycles. The molecule has 126 valence electrons. The third-order valence-corrected chi connectivity index (χ3v) is 4.61. The van der Waals surface area contributed by atoms with Crippen LogP contribution in [0, 0.1) is 0 Å². The second-order valence-corrected chi connectivity index (χ2v) is 6.46. The summed E-state index contributed by atoms with van der Waals surface area (Å²) < 4.78 is 10.8. The Hall–Kier alpha value is -2.34. The van der Waals surface area contributed by atoms with Crippen LogP contribution in [0.15, 0.2) is 41.1 Å². The van der Waals surface area contributed by atoms with Crippen molar-refractivity contribution in [1.82, 2.24) is 5.32 Å². The largest absolute Gasteiger partial charge is 0.493 e. The van der Waals surface area contributed by atoms with Gasteiger partial charge in [-0.3, -0.25) is 9.59 Å². The summed E-state index contributed by atoms with van der Waals surface area (Å²) in [6, 6.07) is 9.38. The van der Waals surface area contributed by atoms with Gasteiger partial charge in [0.25, 0.3) is 5.91 Å². The van der Waals surface area contributed by atoms with E-state index < -0.39 is 12.1 Å². The van der Waals surface area contributed by atoms with Gasteiger partial charge in [-0.2, -0.15) is 11.3 Å². The van der Waals surface area contributed by atoms with Gasteiger partial charge in [-0.05, 0) is 35.4 Å². The molecular weight excluding hydrogens is 326 g/mol. The monoisotopic (exact) mass is 345 g/mol. The van der Waals surface area contributed by atoms with Crippen molar-refractivity contribution in [1.29, 1.82) is 0 Å². The number of hydrogen-bond donors (Lipinski definition) is 1. The lowest BCUT2D eigenvalue weighted by atomic mass is 10.0. The molecule has 0 bridgehead atoms. The molecule has 0 unspecified atom stereocenters. The number of para-hydroxylation sites is 1. The zero-order chi connectivity index (χ0) is 16.9. The van der Waals surface area contributed by atoms with Gasteiger partial charge in [-0.15, -0.1) is 0 Å². The molecule has 2 heterocycles. The van der Waals surface area contributed by atoms with Gasteiger partial charge in [0.1, 0.15) is 5.75 Å². The maximum atomic E-state index is 12.3. The Balaban J connectivity index is 1.56. The van der Waals surface area contributed by atoms with Crippen LogP contribution < -0.4 is 10.1 Å². The maximum absolute atomic E-state index is 12.3. The molecule has 3 rings (SSSR count). The second-order valence-electron chi connectivity index (χ2n) is 5.68. The molecule has 1 aromatic heterocycles. The van der Waals surface area contributed by atoms with Gasteiger partial charge in [0.2, 0.25) is 0 Å². The summed E-state index contributed by atoms with van der Waals surface area (Å²) in [4.78, 5) is 24.2. The molecule has 6 heteroatoms. The molecule has 1 aliphatic rings. The minimum Gasteiger partial charge on any atom is -0.493 e. The summed E-state index contributed by atoms with van der Waals surface area (Å²) in [5, 5.41) is 6.74. The molecule has 1 aromatic carbocycles.